The van der Waals surface area contributed by atoms with Crippen LogP contribution in [0.25, 0.3) is 10.9 Å². The molecule has 0 aliphatic carbocycles. The Hall–Kier alpha value is -2.59. The van der Waals surface area contributed by atoms with Crippen LogP contribution in [0, 0.1) is 19.3 Å². The number of carbonyl (C=O) groups excluding carboxylic acids is 1. The first-order valence-electron chi connectivity index (χ1n) is 13.0. The summed E-state index contributed by atoms with van der Waals surface area (Å²) in [7, 11) is 0. The van der Waals surface area contributed by atoms with E-state index in [2.05, 4.69) is 84.9 Å². The second-order valence-corrected chi connectivity index (χ2v) is 11.4. The zero-order valence-electron chi connectivity index (χ0n) is 21.3. The van der Waals surface area contributed by atoms with Crippen LogP contribution in [0.2, 0.25) is 0 Å². The van der Waals surface area contributed by atoms with Crippen molar-refractivity contribution in [3.05, 3.63) is 70.4 Å². The first-order valence-corrected chi connectivity index (χ1v) is 13.0. The first-order chi connectivity index (χ1) is 16.3. The number of fused-ring (bicyclic) bond motifs is 1. The molecule has 34 heavy (non-hydrogen) atoms. The van der Waals surface area contributed by atoms with Crippen LogP contribution >= 0.6 is 0 Å². The molecule has 0 unspecified atom stereocenters. The number of benzene rings is 2. The number of H-pyrrole nitrogens is 1. The van der Waals surface area contributed by atoms with Gasteiger partial charge in [-0.1, -0.05) is 50.2 Å². The number of piperidine rings is 2. The van der Waals surface area contributed by atoms with Crippen molar-refractivity contribution >= 4 is 16.8 Å². The normalized spacial score (nSPS) is 19.6. The van der Waals surface area contributed by atoms with Gasteiger partial charge in [-0.15, -0.1) is 0 Å². The van der Waals surface area contributed by atoms with Gasteiger partial charge in [0.1, 0.15) is 5.69 Å². The smallest absolute Gasteiger partial charge is 0.270 e. The second-order valence-electron chi connectivity index (χ2n) is 11.4. The second kappa shape index (κ2) is 9.22. The quantitative estimate of drug-likeness (QED) is 0.490. The van der Waals surface area contributed by atoms with E-state index >= 15 is 0 Å². The van der Waals surface area contributed by atoms with Crippen molar-refractivity contribution in [2.45, 2.75) is 65.8 Å². The molecule has 2 aliphatic rings. The van der Waals surface area contributed by atoms with Crippen molar-refractivity contribution < 1.29 is 4.79 Å². The van der Waals surface area contributed by atoms with E-state index in [9.17, 15) is 4.79 Å². The molecule has 0 radical (unpaired) electrons. The molecule has 0 saturated carbocycles. The number of aromatic amines is 1. The van der Waals surface area contributed by atoms with Crippen LogP contribution < -0.4 is 0 Å². The van der Waals surface area contributed by atoms with E-state index in [1.165, 1.54) is 41.3 Å². The average Bonchev–Trinajstić information content (AvgIpc) is 3.17. The first kappa shape index (κ1) is 23.2. The zero-order chi connectivity index (χ0) is 23.9. The minimum Gasteiger partial charge on any atom is -0.350 e. The highest BCUT2D eigenvalue weighted by molar-refractivity contribution is 6.01. The molecule has 2 saturated heterocycles. The SMILES string of the molecule is Cc1cccc(C)c1C1CCN(Cc2c(C(=O)N3CCCC(C)(C)C3)[nH]c3ccccc23)CC1. The number of hydrogen-bond donors (Lipinski definition) is 1. The Labute approximate surface area is 204 Å². The number of aromatic nitrogens is 1. The largest absolute Gasteiger partial charge is 0.350 e. The number of para-hydroxylation sites is 1. The third kappa shape index (κ3) is 4.53. The summed E-state index contributed by atoms with van der Waals surface area (Å²) >= 11 is 0. The molecule has 0 atom stereocenters. The van der Waals surface area contributed by atoms with E-state index in [0.717, 1.165) is 50.4 Å². The van der Waals surface area contributed by atoms with Crippen molar-refractivity contribution in [1.29, 1.82) is 0 Å². The maximum Gasteiger partial charge on any atom is 0.270 e. The van der Waals surface area contributed by atoms with Gasteiger partial charge in [0.05, 0.1) is 0 Å². The Bertz CT molecular complexity index is 1160. The van der Waals surface area contributed by atoms with E-state index in [4.69, 9.17) is 0 Å². The van der Waals surface area contributed by atoms with Crippen molar-refractivity contribution in [2.75, 3.05) is 26.2 Å². The van der Waals surface area contributed by atoms with Gasteiger partial charge < -0.3 is 9.88 Å². The molecule has 3 heterocycles. The van der Waals surface area contributed by atoms with Gasteiger partial charge >= 0.3 is 0 Å². The monoisotopic (exact) mass is 457 g/mol. The maximum atomic E-state index is 13.7. The highest BCUT2D eigenvalue weighted by atomic mass is 16.2. The summed E-state index contributed by atoms with van der Waals surface area (Å²) < 4.78 is 0. The van der Waals surface area contributed by atoms with E-state index in [-0.39, 0.29) is 11.3 Å². The average molecular weight is 458 g/mol. The number of nitrogens with zero attached hydrogens (tertiary/aromatic N) is 2. The van der Waals surface area contributed by atoms with Crippen LogP contribution in [-0.4, -0.2) is 46.9 Å². The fraction of sp³-hybridized carbons (Fsp3) is 0.500. The van der Waals surface area contributed by atoms with E-state index in [0.29, 0.717) is 5.92 Å². The summed E-state index contributed by atoms with van der Waals surface area (Å²) in [5.74, 6) is 0.807. The molecule has 0 spiro atoms. The lowest BCUT2D eigenvalue weighted by Crippen LogP contribution is -2.44. The molecule has 1 N–H and O–H groups in total. The molecule has 2 aliphatic heterocycles. The van der Waals surface area contributed by atoms with Crippen LogP contribution in [0.3, 0.4) is 0 Å². The summed E-state index contributed by atoms with van der Waals surface area (Å²) in [6.45, 7) is 13.7. The number of rotatable bonds is 4. The van der Waals surface area contributed by atoms with E-state index in [1.807, 2.05) is 0 Å². The van der Waals surface area contributed by atoms with Crippen molar-refractivity contribution in [3.8, 4) is 0 Å². The van der Waals surface area contributed by atoms with E-state index in [1.54, 1.807) is 5.56 Å². The molecule has 1 amide bonds. The highest BCUT2D eigenvalue weighted by Crippen LogP contribution is 2.35. The summed E-state index contributed by atoms with van der Waals surface area (Å²) in [6.07, 6.45) is 4.63. The standard InChI is InChI=1S/C30H39N3O/c1-21-9-7-10-22(2)27(21)23-13-17-32(18-14-23)19-25-24-11-5-6-12-26(24)31-28(25)29(34)33-16-8-15-30(3,4)20-33/h5-7,9-12,23,31H,8,13-20H2,1-4H3. The van der Waals surface area contributed by atoms with Gasteiger partial charge in [-0.05, 0) is 86.7 Å². The Morgan fingerprint density at radius 1 is 1.00 bits per heavy atom. The van der Waals surface area contributed by atoms with Crippen molar-refractivity contribution in [2.24, 2.45) is 5.41 Å². The summed E-state index contributed by atoms with van der Waals surface area (Å²) in [4.78, 5) is 21.8. The molecule has 5 rings (SSSR count). The fourth-order valence-corrected chi connectivity index (χ4v) is 6.38. The molecular formula is C30H39N3O. The lowest BCUT2D eigenvalue weighted by Gasteiger charge is -2.38. The third-order valence-electron chi connectivity index (χ3n) is 8.13. The molecule has 2 aromatic carbocycles. The lowest BCUT2D eigenvalue weighted by atomic mass is 9.84. The highest BCUT2D eigenvalue weighted by Gasteiger charge is 2.32. The molecule has 4 heteroatoms. The van der Waals surface area contributed by atoms with Gasteiger partial charge in [0.15, 0.2) is 0 Å². The lowest BCUT2D eigenvalue weighted by molar-refractivity contribution is 0.0576. The van der Waals surface area contributed by atoms with Gasteiger partial charge in [-0.3, -0.25) is 9.69 Å². The number of amides is 1. The van der Waals surface area contributed by atoms with Crippen molar-refractivity contribution in [3.63, 3.8) is 0 Å². The Balaban J connectivity index is 1.36. The Morgan fingerprint density at radius 3 is 2.41 bits per heavy atom. The van der Waals surface area contributed by atoms with Crippen LogP contribution in [0.15, 0.2) is 42.5 Å². The number of aryl methyl sites for hydroxylation is 2. The van der Waals surface area contributed by atoms with Gasteiger partial charge in [-0.2, -0.15) is 0 Å². The predicted molar refractivity (Wildman–Crippen MR) is 140 cm³/mol. The molecule has 180 valence electrons. The fourth-order valence-electron chi connectivity index (χ4n) is 6.38. The molecule has 1 aromatic heterocycles. The van der Waals surface area contributed by atoms with Gasteiger partial charge in [0.2, 0.25) is 0 Å². The number of nitrogens with one attached hydrogen (secondary N) is 1. The van der Waals surface area contributed by atoms with E-state index < -0.39 is 0 Å². The summed E-state index contributed by atoms with van der Waals surface area (Å²) in [5, 5.41) is 1.19. The van der Waals surface area contributed by atoms with Crippen molar-refractivity contribution in [1.82, 2.24) is 14.8 Å². The van der Waals surface area contributed by atoms with Crippen LogP contribution in [-0.2, 0) is 6.54 Å². The third-order valence-corrected chi connectivity index (χ3v) is 8.13. The minimum atomic E-state index is 0.171. The van der Waals surface area contributed by atoms with Crippen LogP contribution in [0.1, 0.15) is 78.2 Å². The summed E-state index contributed by atoms with van der Waals surface area (Å²) in [6, 6.07) is 15.1. The maximum absolute atomic E-state index is 13.7. The van der Waals surface area contributed by atoms with Gasteiger partial charge in [-0.25, -0.2) is 0 Å². The summed E-state index contributed by atoms with van der Waals surface area (Å²) in [5.41, 5.74) is 7.64. The molecular weight excluding hydrogens is 418 g/mol. The molecule has 4 nitrogen and oxygen atoms in total. The number of hydrogen-bond acceptors (Lipinski definition) is 2. The van der Waals surface area contributed by atoms with Crippen LogP contribution in [0.5, 0.6) is 0 Å². The number of carbonyl (C=O) groups is 1. The van der Waals surface area contributed by atoms with Gasteiger partial charge in [0.25, 0.3) is 5.91 Å². The Kier molecular flexibility index (Phi) is 6.28. The Morgan fingerprint density at radius 2 is 1.71 bits per heavy atom. The number of likely N-dealkylation sites (tertiary alicyclic amines) is 2. The molecule has 2 fully saturated rings. The molecule has 0 bridgehead atoms. The molecule has 3 aromatic rings. The zero-order valence-corrected chi connectivity index (χ0v) is 21.3. The van der Waals surface area contributed by atoms with Gasteiger partial charge in [0, 0.05) is 36.1 Å². The van der Waals surface area contributed by atoms with Crippen LogP contribution in [0.4, 0.5) is 0 Å². The minimum absolute atomic E-state index is 0.171. The topological polar surface area (TPSA) is 39.3 Å². The predicted octanol–water partition coefficient (Wildman–Crippen LogP) is 6.43.